The summed E-state index contributed by atoms with van der Waals surface area (Å²) >= 11 is 1.31. The van der Waals surface area contributed by atoms with E-state index in [4.69, 9.17) is 0 Å². The van der Waals surface area contributed by atoms with E-state index in [-0.39, 0.29) is 24.4 Å². The summed E-state index contributed by atoms with van der Waals surface area (Å²) in [5, 5.41) is 9.89. The maximum Gasteiger partial charge on any atom is 0.264 e. The van der Waals surface area contributed by atoms with Crippen molar-refractivity contribution in [3.63, 3.8) is 0 Å². The van der Waals surface area contributed by atoms with Crippen molar-refractivity contribution in [1.29, 1.82) is 0 Å². The Morgan fingerprint density at radius 3 is 3.05 bits per heavy atom. The molecule has 20 heavy (non-hydrogen) atoms. The number of amides is 1. The van der Waals surface area contributed by atoms with Crippen LogP contribution in [-0.2, 0) is 0 Å². The zero-order valence-electron chi connectivity index (χ0n) is 11.0. The number of carbonyl (C=O) groups is 1. The fourth-order valence-electron chi connectivity index (χ4n) is 2.73. The number of aliphatic hydroxyl groups excluding tert-OH is 1. The Balaban J connectivity index is 1.93. The first-order valence-corrected chi connectivity index (χ1v) is 7.62. The minimum absolute atomic E-state index is 0.00893. The lowest BCUT2D eigenvalue weighted by molar-refractivity contribution is 0.0508. The second-order valence-corrected chi connectivity index (χ2v) is 6.18. The van der Waals surface area contributed by atoms with Crippen LogP contribution >= 0.6 is 11.3 Å². The first kappa shape index (κ1) is 13.5. The Kier molecular flexibility index (Phi) is 3.72. The molecular weight excluding hydrogens is 277 g/mol. The van der Waals surface area contributed by atoms with E-state index in [1.807, 2.05) is 6.07 Å². The summed E-state index contributed by atoms with van der Waals surface area (Å²) in [5.74, 6) is -0.389. The first-order valence-electron chi connectivity index (χ1n) is 6.80. The van der Waals surface area contributed by atoms with Crippen LogP contribution in [0.5, 0.6) is 0 Å². The van der Waals surface area contributed by atoms with E-state index in [1.54, 1.807) is 17.0 Å². The molecule has 1 fully saturated rings. The molecule has 1 aromatic heterocycles. The van der Waals surface area contributed by atoms with E-state index in [9.17, 15) is 14.3 Å². The molecule has 106 valence electrons. The highest BCUT2D eigenvalue weighted by atomic mass is 32.1. The monoisotopic (exact) mass is 293 g/mol. The van der Waals surface area contributed by atoms with Gasteiger partial charge in [-0.05, 0) is 37.5 Å². The first-order chi connectivity index (χ1) is 9.70. The number of piperidine rings is 1. The van der Waals surface area contributed by atoms with Gasteiger partial charge in [-0.2, -0.15) is 0 Å². The van der Waals surface area contributed by atoms with Crippen LogP contribution in [0.25, 0.3) is 10.1 Å². The van der Waals surface area contributed by atoms with Crippen molar-refractivity contribution < 1.29 is 14.3 Å². The van der Waals surface area contributed by atoms with Gasteiger partial charge in [0.15, 0.2) is 0 Å². The maximum atomic E-state index is 13.7. The van der Waals surface area contributed by atoms with Crippen molar-refractivity contribution in [2.24, 2.45) is 0 Å². The van der Waals surface area contributed by atoms with E-state index in [0.717, 1.165) is 24.0 Å². The number of nitrogens with zero attached hydrogens (tertiary/aromatic N) is 1. The molecule has 0 aliphatic carbocycles. The maximum absolute atomic E-state index is 13.7. The Labute approximate surface area is 120 Å². The minimum Gasteiger partial charge on any atom is -0.394 e. The summed E-state index contributed by atoms with van der Waals surface area (Å²) in [4.78, 5) is 14.8. The highest BCUT2D eigenvalue weighted by Crippen LogP contribution is 2.30. The standard InChI is InChI=1S/C15H16FNO2S/c16-12-5-3-6-13-11(12)8-14(20-13)15(19)17-7-2-1-4-10(17)9-18/h3,5-6,8,10,18H,1-2,4,7,9H2. The lowest BCUT2D eigenvalue weighted by atomic mass is 10.0. The average Bonchev–Trinajstić information content (AvgIpc) is 2.92. The molecule has 1 unspecified atom stereocenters. The van der Waals surface area contributed by atoms with Gasteiger partial charge < -0.3 is 10.0 Å². The van der Waals surface area contributed by atoms with Crippen LogP contribution in [0.1, 0.15) is 28.9 Å². The number of rotatable bonds is 2. The molecule has 3 nitrogen and oxygen atoms in total. The van der Waals surface area contributed by atoms with Crippen molar-refractivity contribution in [2.45, 2.75) is 25.3 Å². The molecule has 0 radical (unpaired) electrons. The van der Waals surface area contributed by atoms with E-state index in [0.29, 0.717) is 16.8 Å². The predicted octanol–water partition coefficient (Wildman–Crippen LogP) is 3.03. The SMILES string of the molecule is O=C(c1cc2c(F)cccc2s1)N1CCCCC1CO. The molecule has 1 saturated heterocycles. The molecule has 1 aromatic carbocycles. The van der Waals surface area contributed by atoms with Crippen molar-refractivity contribution >= 4 is 27.3 Å². The zero-order valence-corrected chi connectivity index (χ0v) is 11.8. The van der Waals surface area contributed by atoms with Crippen LogP contribution in [0.3, 0.4) is 0 Å². The van der Waals surface area contributed by atoms with Gasteiger partial charge in [0.2, 0.25) is 0 Å². The van der Waals surface area contributed by atoms with E-state index in [1.165, 1.54) is 17.4 Å². The van der Waals surface area contributed by atoms with Crippen molar-refractivity contribution in [3.8, 4) is 0 Å². The molecule has 0 spiro atoms. The fraction of sp³-hybridized carbons (Fsp3) is 0.400. The van der Waals surface area contributed by atoms with Gasteiger partial charge in [0, 0.05) is 16.6 Å². The van der Waals surface area contributed by atoms with Crippen LogP contribution in [0.4, 0.5) is 4.39 Å². The number of halogens is 1. The van der Waals surface area contributed by atoms with Crippen LogP contribution in [0.2, 0.25) is 0 Å². The summed E-state index contributed by atoms with van der Waals surface area (Å²) in [7, 11) is 0. The van der Waals surface area contributed by atoms with Crippen molar-refractivity contribution in [1.82, 2.24) is 4.90 Å². The number of benzene rings is 1. The number of fused-ring (bicyclic) bond motifs is 1. The molecule has 1 amide bonds. The molecular formula is C15H16FNO2S. The second-order valence-electron chi connectivity index (χ2n) is 5.09. The molecule has 1 atom stereocenters. The van der Waals surface area contributed by atoms with Crippen LogP contribution in [0.15, 0.2) is 24.3 Å². The van der Waals surface area contributed by atoms with Gasteiger partial charge in [-0.1, -0.05) is 6.07 Å². The smallest absolute Gasteiger partial charge is 0.264 e. The molecule has 2 heterocycles. The number of carbonyl (C=O) groups excluding carboxylic acids is 1. The molecule has 0 saturated carbocycles. The van der Waals surface area contributed by atoms with Gasteiger partial charge >= 0.3 is 0 Å². The summed E-state index contributed by atoms with van der Waals surface area (Å²) in [6.45, 7) is 0.659. The third kappa shape index (κ3) is 2.31. The molecule has 2 aromatic rings. The third-order valence-electron chi connectivity index (χ3n) is 3.82. The van der Waals surface area contributed by atoms with E-state index >= 15 is 0 Å². The highest BCUT2D eigenvalue weighted by molar-refractivity contribution is 7.20. The van der Waals surface area contributed by atoms with Crippen LogP contribution < -0.4 is 0 Å². The number of hydrogen-bond donors (Lipinski definition) is 1. The topological polar surface area (TPSA) is 40.5 Å². The minimum atomic E-state index is -0.296. The predicted molar refractivity (Wildman–Crippen MR) is 77.5 cm³/mol. The third-order valence-corrected chi connectivity index (χ3v) is 4.91. The molecule has 1 aliphatic rings. The van der Waals surface area contributed by atoms with Crippen molar-refractivity contribution in [3.05, 3.63) is 35.0 Å². The molecule has 1 N–H and O–H groups in total. The number of thiophene rings is 1. The summed E-state index contributed by atoms with van der Waals surface area (Å²) in [5.41, 5.74) is 0. The Bertz CT molecular complexity index is 640. The highest BCUT2D eigenvalue weighted by Gasteiger charge is 2.28. The van der Waals surface area contributed by atoms with Gasteiger partial charge in [0.1, 0.15) is 5.82 Å². The molecule has 0 bridgehead atoms. The van der Waals surface area contributed by atoms with E-state index < -0.39 is 0 Å². The van der Waals surface area contributed by atoms with Crippen LogP contribution in [-0.4, -0.2) is 35.1 Å². The lowest BCUT2D eigenvalue weighted by Crippen LogP contribution is -2.45. The van der Waals surface area contributed by atoms with Crippen molar-refractivity contribution in [2.75, 3.05) is 13.2 Å². The molecule has 3 rings (SSSR count). The van der Waals surface area contributed by atoms with Gasteiger partial charge in [-0.3, -0.25) is 4.79 Å². The zero-order chi connectivity index (χ0) is 14.1. The Morgan fingerprint density at radius 2 is 2.30 bits per heavy atom. The number of likely N-dealkylation sites (tertiary alicyclic amines) is 1. The molecule has 1 aliphatic heterocycles. The summed E-state index contributed by atoms with van der Waals surface area (Å²) < 4.78 is 14.5. The summed E-state index contributed by atoms with van der Waals surface area (Å²) in [6, 6.07) is 6.40. The largest absolute Gasteiger partial charge is 0.394 e. The number of aliphatic hydroxyl groups is 1. The van der Waals surface area contributed by atoms with Gasteiger partial charge in [0.05, 0.1) is 17.5 Å². The second kappa shape index (κ2) is 5.50. The number of hydrogen-bond acceptors (Lipinski definition) is 3. The van der Waals surface area contributed by atoms with Gasteiger partial charge in [-0.15, -0.1) is 11.3 Å². The van der Waals surface area contributed by atoms with Gasteiger partial charge in [-0.25, -0.2) is 4.39 Å². The average molecular weight is 293 g/mol. The van der Waals surface area contributed by atoms with Crippen LogP contribution in [0, 0.1) is 5.82 Å². The van der Waals surface area contributed by atoms with Gasteiger partial charge in [0.25, 0.3) is 5.91 Å². The quantitative estimate of drug-likeness (QED) is 0.924. The lowest BCUT2D eigenvalue weighted by Gasteiger charge is -2.34. The molecule has 5 heteroatoms. The fourth-order valence-corrected chi connectivity index (χ4v) is 3.76. The normalized spacial score (nSPS) is 19.5. The Hall–Kier alpha value is -1.46. The van der Waals surface area contributed by atoms with E-state index in [2.05, 4.69) is 0 Å². The summed E-state index contributed by atoms with van der Waals surface area (Å²) in [6.07, 6.45) is 2.83. The Morgan fingerprint density at radius 1 is 1.45 bits per heavy atom.